The molecule has 166 valence electrons. The van der Waals surface area contributed by atoms with Gasteiger partial charge in [0.2, 0.25) is 5.91 Å². The average Bonchev–Trinajstić information content (AvgIpc) is 3.11. The first-order chi connectivity index (χ1) is 15.9. The van der Waals surface area contributed by atoms with Gasteiger partial charge in [0.25, 0.3) is 0 Å². The summed E-state index contributed by atoms with van der Waals surface area (Å²) in [5, 5.41) is 19.6. The van der Waals surface area contributed by atoms with Crippen LogP contribution in [0.15, 0.2) is 72.9 Å². The molecule has 4 rings (SSSR count). The minimum absolute atomic E-state index is 0.118. The molecule has 0 aliphatic carbocycles. The maximum absolute atomic E-state index is 13.0. The Morgan fingerprint density at radius 3 is 2.67 bits per heavy atom. The highest BCUT2D eigenvalue weighted by atomic mass is 35.5. The summed E-state index contributed by atoms with van der Waals surface area (Å²) in [6.07, 6.45) is 0. The number of carbonyl (C=O) groups excluding carboxylic acids is 1. The third kappa shape index (κ3) is 4.81. The Bertz CT molecular complexity index is 1280. The topological polar surface area (TPSA) is 103 Å². The van der Waals surface area contributed by atoms with E-state index in [2.05, 4.69) is 28.6 Å². The molecule has 0 saturated carbocycles. The molecule has 1 heterocycles. The normalized spacial score (nSPS) is 15.2. The van der Waals surface area contributed by atoms with E-state index in [9.17, 15) is 4.79 Å². The minimum atomic E-state index is -0.580. The van der Waals surface area contributed by atoms with Gasteiger partial charge in [-0.05, 0) is 54.1 Å². The summed E-state index contributed by atoms with van der Waals surface area (Å²) in [7, 11) is 0. The number of fused-ring (bicyclic) bond motifs is 1. The average molecular weight is 478 g/mol. The first-order valence-electron chi connectivity index (χ1n) is 10.2. The third-order valence-corrected chi connectivity index (χ3v) is 6.21. The second-order valence-corrected chi connectivity index (χ2v) is 8.49. The van der Waals surface area contributed by atoms with Gasteiger partial charge in [-0.2, -0.15) is 5.26 Å². The van der Waals surface area contributed by atoms with Crippen molar-refractivity contribution in [3.63, 3.8) is 0 Å². The molecule has 0 aromatic heterocycles. The number of benzene rings is 3. The van der Waals surface area contributed by atoms with Crippen molar-refractivity contribution in [3.05, 3.63) is 99.7 Å². The van der Waals surface area contributed by atoms with E-state index in [1.165, 1.54) is 0 Å². The Morgan fingerprint density at radius 1 is 1.12 bits per heavy atom. The van der Waals surface area contributed by atoms with Crippen molar-refractivity contribution in [3.8, 4) is 6.07 Å². The van der Waals surface area contributed by atoms with Crippen LogP contribution in [0.25, 0.3) is 0 Å². The zero-order valence-corrected chi connectivity index (χ0v) is 19.0. The number of hydrogen-bond acceptors (Lipinski definition) is 5. The zero-order valence-electron chi connectivity index (χ0n) is 17.5. The summed E-state index contributed by atoms with van der Waals surface area (Å²) in [4.78, 5) is 13.0. The number of rotatable bonds is 6. The molecule has 5 N–H and O–H groups in total. The van der Waals surface area contributed by atoms with Crippen LogP contribution in [0.1, 0.15) is 28.7 Å². The van der Waals surface area contributed by atoms with Crippen molar-refractivity contribution in [1.82, 2.24) is 0 Å². The number of nitrogens with two attached hydrogens (primary N) is 1. The van der Waals surface area contributed by atoms with Crippen LogP contribution < -0.4 is 21.7 Å². The lowest BCUT2D eigenvalue weighted by molar-refractivity contribution is -0.117. The number of hydrogen-bond donors (Lipinski definition) is 4. The van der Waals surface area contributed by atoms with E-state index < -0.39 is 5.92 Å². The number of carbonyl (C=O) groups is 1. The van der Waals surface area contributed by atoms with Crippen LogP contribution in [-0.2, 0) is 4.79 Å². The van der Waals surface area contributed by atoms with Gasteiger partial charge in [-0.15, -0.1) is 0 Å². The molecule has 8 heteroatoms. The lowest BCUT2D eigenvalue weighted by Crippen LogP contribution is -2.27. The highest BCUT2D eigenvalue weighted by Gasteiger charge is 2.27. The second kappa shape index (κ2) is 9.55. The van der Waals surface area contributed by atoms with E-state index in [-0.39, 0.29) is 18.5 Å². The first-order valence-corrected chi connectivity index (χ1v) is 11.0. The Kier molecular flexibility index (Phi) is 6.57. The molecule has 3 aromatic rings. The Balaban J connectivity index is 1.56. The molecule has 33 heavy (non-hydrogen) atoms. The molecular formula is C25H21Cl2N5O. The predicted molar refractivity (Wildman–Crippen MR) is 134 cm³/mol. The molecule has 2 unspecified atom stereocenters. The number of halogens is 2. The second-order valence-electron chi connectivity index (χ2n) is 7.67. The van der Waals surface area contributed by atoms with Crippen LogP contribution >= 0.6 is 23.2 Å². The number of nitriles is 1. The Labute approximate surface area is 202 Å². The summed E-state index contributed by atoms with van der Waals surface area (Å²) in [6.45, 7) is 4.23. The summed E-state index contributed by atoms with van der Waals surface area (Å²) in [5.74, 6) is -0.824. The van der Waals surface area contributed by atoms with Crippen LogP contribution in [0.4, 0.5) is 17.1 Å². The van der Waals surface area contributed by atoms with Crippen LogP contribution in [0.2, 0.25) is 10.0 Å². The molecule has 3 aromatic carbocycles. The molecule has 0 spiro atoms. The third-order valence-electron chi connectivity index (χ3n) is 5.47. The molecule has 6 nitrogen and oxygen atoms in total. The lowest BCUT2D eigenvalue weighted by atomic mass is 9.98. The van der Waals surface area contributed by atoms with Gasteiger partial charge in [0.15, 0.2) is 0 Å². The van der Waals surface area contributed by atoms with Crippen LogP contribution in [0, 0.1) is 11.3 Å². The van der Waals surface area contributed by atoms with Gasteiger partial charge in [0.1, 0.15) is 0 Å². The molecular weight excluding hydrogens is 457 g/mol. The first kappa shape index (κ1) is 22.7. The van der Waals surface area contributed by atoms with E-state index >= 15 is 0 Å². The molecule has 0 saturated heterocycles. The number of amides is 1. The van der Waals surface area contributed by atoms with Crippen molar-refractivity contribution in [2.45, 2.75) is 12.0 Å². The van der Waals surface area contributed by atoms with Crippen molar-refractivity contribution >= 4 is 46.2 Å². The summed E-state index contributed by atoms with van der Waals surface area (Å²) in [6, 6.07) is 19.8. The largest absolute Gasteiger partial charge is 0.373 e. The van der Waals surface area contributed by atoms with Gasteiger partial charge in [0.05, 0.1) is 33.6 Å². The fraction of sp³-hybridized carbons (Fsp3) is 0.120. The van der Waals surface area contributed by atoms with Gasteiger partial charge in [-0.25, -0.2) is 0 Å². The summed E-state index contributed by atoms with van der Waals surface area (Å²) < 4.78 is 0. The smallest absolute Gasteiger partial charge is 0.233 e. The van der Waals surface area contributed by atoms with Gasteiger partial charge in [0, 0.05) is 34.9 Å². The molecule has 2 atom stereocenters. The maximum Gasteiger partial charge on any atom is 0.233 e. The van der Waals surface area contributed by atoms with Gasteiger partial charge in [-0.3, -0.25) is 4.79 Å². The Morgan fingerprint density at radius 2 is 1.94 bits per heavy atom. The van der Waals surface area contributed by atoms with Crippen LogP contribution in [0.3, 0.4) is 0 Å². The predicted octanol–water partition coefficient (Wildman–Crippen LogP) is 5.64. The van der Waals surface area contributed by atoms with Crippen molar-refractivity contribution in [1.29, 1.82) is 5.26 Å². The summed E-state index contributed by atoms with van der Waals surface area (Å²) >= 11 is 12.1. The monoisotopic (exact) mass is 477 g/mol. The number of nitrogens with zero attached hydrogens (tertiary/aromatic N) is 1. The van der Waals surface area contributed by atoms with E-state index in [1.54, 1.807) is 30.3 Å². The standard InChI is InChI=1S/C25H21Cl2N5O/c1-14-24(31-17-4-2-3-15(9-17)12-28)19-11-18(6-8-23(19)30-14)32-25(33)20(13-29)16-5-7-21(26)22(27)10-16/h2-11,20,24,30-31H,1,13,29H2,(H,32,33). The van der Waals surface area contributed by atoms with Crippen molar-refractivity contribution in [2.75, 3.05) is 22.5 Å². The van der Waals surface area contributed by atoms with E-state index in [4.69, 9.17) is 34.2 Å². The molecule has 1 aliphatic rings. The molecule has 1 amide bonds. The van der Waals surface area contributed by atoms with E-state index in [0.717, 1.165) is 22.6 Å². The van der Waals surface area contributed by atoms with E-state index in [1.807, 2.05) is 30.3 Å². The highest BCUT2D eigenvalue weighted by molar-refractivity contribution is 6.42. The molecule has 0 fully saturated rings. The zero-order chi connectivity index (χ0) is 23.5. The molecule has 0 radical (unpaired) electrons. The fourth-order valence-corrected chi connectivity index (χ4v) is 4.10. The Hall–Kier alpha value is -3.50. The van der Waals surface area contributed by atoms with Gasteiger partial charge < -0.3 is 21.7 Å². The van der Waals surface area contributed by atoms with Crippen LogP contribution in [0.5, 0.6) is 0 Å². The SMILES string of the molecule is C=C1Nc2ccc(NC(=O)C(CN)c3ccc(Cl)c(Cl)c3)cc2C1Nc1cccc(C#N)c1. The number of anilines is 3. The van der Waals surface area contributed by atoms with Crippen molar-refractivity contribution in [2.24, 2.45) is 5.73 Å². The quantitative estimate of drug-likeness (QED) is 0.367. The maximum atomic E-state index is 13.0. The van der Waals surface area contributed by atoms with Gasteiger partial charge in [-0.1, -0.05) is 41.9 Å². The minimum Gasteiger partial charge on any atom is -0.373 e. The van der Waals surface area contributed by atoms with Crippen molar-refractivity contribution < 1.29 is 4.79 Å². The number of nitrogens with one attached hydrogen (secondary N) is 3. The highest BCUT2D eigenvalue weighted by Crippen LogP contribution is 2.40. The van der Waals surface area contributed by atoms with E-state index in [0.29, 0.717) is 26.9 Å². The van der Waals surface area contributed by atoms with Gasteiger partial charge >= 0.3 is 0 Å². The van der Waals surface area contributed by atoms with Crippen LogP contribution in [-0.4, -0.2) is 12.5 Å². The lowest BCUT2D eigenvalue weighted by Gasteiger charge is -2.18. The fourth-order valence-electron chi connectivity index (χ4n) is 3.79. The molecule has 0 bridgehead atoms. The molecule has 1 aliphatic heterocycles. The summed E-state index contributed by atoms with van der Waals surface area (Å²) in [5.41, 5.74) is 11.2.